The maximum Gasteiger partial charge on any atom is 0.307 e. The van der Waals surface area contributed by atoms with Gasteiger partial charge in [0.25, 0.3) is 0 Å². The van der Waals surface area contributed by atoms with Crippen LogP contribution in [0.25, 0.3) is 0 Å². The predicted molar refractivity (Wildman–Crippen MR) is 54.4 cm³/mol. The van der Waals surface area contributed by atoms with Crippen molar-refractivity contribution in [2.24, 2.45) is 0 Å². The number of halogens is 2. The number of hydrogen-bond donors (Lipinski definition) is 1. The first-order valence-corrected chi connectivity index (χ1v) is 4.54. The van der Waals surface area contributed by atoms with Gasteiger partial charge in [-0.05, 0) is 17.7 Å². The van der Waals surface area contributed by atoms with Crippen LogP contribution in [0.5, 0.6) is 5.75 Å². The molecule has 5 heteroatoms. The molecule has 76 valence electrons. The van der Waals surface area contributed by atoms with Gasteiger partial charge in [-0.15, -0.1) is 0 Å². The zero-order valence-corrected chi connectivity index (χ0v) is 8.89. The summed E-state index contributed by atoms with van der Waals surface area (Å²) < 4.78 is 4.92. The maximum atomic E-state index is 10.4. The third kappa shape index (κ3) is 2.53. The molecule has 0 atom stereocenters. The van der Waals surface area contributed by atoms with Crippen LogP contribution in [0.2, 0.25) is 10.0 Å². The van der Waals surface area contributed by atoms with Gasteiger partial charge in [0.05, 0.1) is 23.6 Å². The molecule has 0 fully saturated rings. The van der Waals surface area contributed by atoms with Gasteiger partial charge < -0.3 is 9.84 Å². The van der Waals surface area contributed by atoms with Crippen LogP contribution < -0.4 is 4.74 Å². The Kier molecular flexibility index (Phi) is 3.61. The molecule has 3 nitrogen and oxygen atoms in total. The van der Waals surface area contributed by atoms with E-state index in [-0.39, 0.29) is 6.42 Å². The smallest absolute Gasteiger partial charge is 0.307 e. The van der Waals surface area contributed by atoms with E-state index in [1.54, 1.807) is 0 Å². The van der Waals surface area contributed by atoms with Gasteiger partial charge in [0.1, 0.15) is 0 Å². The van der Waals surface area contributed by atoms with Crippen molar-refractivity contribution < 1.29 is 14.6 Å². The minimum Gasteiger partial charge on any atom is -0.494 e. The van der Waals surface area contributed by atoms with E-state index in [4.69, 9.17) is 33.0 Å². The summed E-state index contributed by atoms with van der Waals surface area (Å²) in [5.41, 5.74) is 0.549. The topological polar surface area (TPSA) is 46.5 Å². The molecule has 0 saturated heterocycles. The number of hydrogen-bond acceptors (Lipinski definition) is 2. The van der Waals surface area contributed by atoms with Gasteiger partial charge >= 0.3 is 5.97 Å². The molecular formula is C9H8Cl2O3. The number of aliphatic carboxylic acids is 1. The fourth-order valence-electron chi connectivity index (χ4n) is 1.08. The van der Waals surface area contributed by atoms with Crippen molar-refractivity contribution in [3.63, 3.8) is 0 Å². The average molecular weight is 235 g/mol. The molecule has 0 saturated carbocycles. The van der Waals surface area contributed by atoms with Crippen molar-refractivity contribution in [1.82, 2.24) is 0 Å². The lowest BCUT2D eigenvalue weighted by Gasteiger charge is -2.07. The molecule has 0 amide bonds. The van der Waals surface area contributed by atoms with Gasteiger partial charge in [0, 0.05) is 0 Å². The van der Waals surface area contributed by atoms with Crippen LogP contribution in [0.15, 0.2) is 12.1 Å². The third-order valence-corrected chi connectivity index (χ3v) is 2.18. The van der Waals surface area contributed by atoms with Crippen LogP contribution in [0.4, 0.5) is 0 Å². The van der Waals surface area contributed by atoms with Gasteiger partial charge in [-0.3, -0.25) is 4.79 Å². The lowest BCUT2D eigenvalue weighted by molar-refractivity contribution is -0.136. The van der Waals surface area contributed by atoms with Crippen molar-refractivity contribution >= 4 is 29.2 Å². The third-order valence-electron chi connectivity index (χ3n) is 1.62. The Morgan fingerprint density at radius 1 is 1.43 bits per heavy atom. The fraction of sp³-hybridized carbons (Fsp3) is 0.222. The number of benzene rings is 1. The summed E-state index contributed by atoms with van der Waals surface area (Å²) in [7, 11) is 1.45. The Balaban J connectivity index is 3.07. The van der Waals surface area contributed by atoms with E-state index in [1.807, 2.05) is 0 Å². The predicted octanol–water partition coefficient (Wildman–Crippen LogP) is 2.63. The van der Waals surface area contributed by atoms with Gasteiger partial charge in [-0.1, -0.05) is 23.2 Å². The highest BCUT2D eigenvalue weighted by molar-refractivity contribution is 6.37. The highest BCUT2D eigenvalue weighted by Crippen LogP contribution is 2.33. The first-order valence-electron chi connectivity index (χ1n) is 3.78. The Hall–Kier alpha value is -0.930. The van der Waals surface area contributed by atoms with E-state index in [2.05, 4.69) is 0 Å². The molecule has 1 N–H and O–H groups in total. The van der Waals surface area contributed by atoms with Crippen LogP contribution in [-0.4, -0.2) is 18.2 Å². The quantitative estimate of drug-likeness (QED) is 0.875. The molecule has 0 radical (unpaired) electrons. The number of carbonyl (C=O) groups is 1. The van der Waals surface area contributed by atoms with Crippen molar-refractivity contribution in [1.29, 1.82) is 0 Å². The zero-order valence-electron chi connectivity index (χ0n) is 7.38. The van der Waals surface area contributed by atoms with Gasteiger partial charge in [0.2, 0.25) is 0 Å². The number of methoxy groups -OCH3 is 1. The maximum absolute atomic E-state index is 10.4. The Morgan fingerprint density at radius 2 is 1.93 bits per heavy atom. The van der Waals surface area contributed by atoms with Crippen LogP contribution in [0, 0.1) is 0 Å². The fourth-order valence-corrected chi connectivity index (χ4v) is 1.77. The highest BCUT2D eigenvalue weighted by Gasteiger charge is 2.10. The Bertz CT molecular complexity index is 340. The van der Waals surface area contributed by atoms with Crippen LogP contribution in [-0.2, 0) is 11.2 Å². The Morgan fingerprint density at radius 3 is 2.29 bits per heavy atom. The highest BCUT2D eigenvalue weighted by atomic mass is 35.5. The summed E-state index contributed by atoms with van der Waals surface area (Å²) >= 11 is 11.6. The molecule has 1 rings (SSSR count). The van der Waals surface area contributed by atoms with Crippen molar-refractivity contribution in [2.75, 3.05) is 7.11 Å². The van der Waals surface area contributed by atoms with Gasteiger partial charge in [-0.2, -0.15) is 0 Å². The van der Waals surface area contributed by atoms with Crippen LogP contribution >= 0.6 is 23.2 Å². The second kappa shape index (κ2) is 4.53. The molecule has 0 aliphatic rings. The average Bonchev–Trinajstić information content (AvgIpc) is 2.01. The van der Waals surface area contributed by atoms with Gasteiger partial charge in [0.15, 0.2) is 5.75 Å². The molecule has 0 aliphatic carbocycles. The molecule has 0 unspecified atom stereocenters. The summed E-state index contributed by atoms with van der Waals surface area (Å²) in [5.74, 6) is -0.565. The molecule has 0 bridgehead atoms. The standard InChI is InChI=1S/C9H8Cl2O3/c1-14-9-6(10)2-5(3-7(9)11)4-8(12)13/h2-3H,4H2,1H3,(H,12,13). The molecule has 0 aromatic heterocycles. The first kappa shape index (κ1) is 11.1. The van der Waals surface area contributed by atoms with Gasteiger partial charge in [-0.25, -0.2) is 0 Å². The van der Waals surface area contributed by atoms with E-state index in [1.165, 1.54) is 19.2 Å². The second-order valence-electron chi connectivity index (χ2n) is 2.66. The summed E-state index contributed by atoms with van der Waals surface area (Å²) in [6.45, 7) is 0. The summed E-state index contributed by atoms with van der Waals surface area (Å²) in [6, 6.07) is 3.06. The molecule has 1 aromatic carbocycles. The first-order chi connectivity index (χ1) is 6.54. The molecular weight excluding hydrogens is 227 g/mol. The van der Waals surface area contributed by atoms with Crippen molar-refractivity contribution in [3.05, 3.63) is 27.7 Å². The zero-order chi connectivity index (χ0) is 10.7. The number of carboxylic acid groups (broad SMARTS) is 1. The summed E-state index contributed by atoms with van der Waals surface area (Å²) in [6.07, 6.45) is -0.108. The van der Waals surface area contributed by atoms with E-state index < -0.39 is 5.97 Å². The monoisotopic (exact) mass is 234 g/mol. The normalized spacial score (nSPS) is 9.93. The summed E-state index contributed by atoms with van der Waals surface area (Å²) in [5, 5.41) is 9.19. The molecule has 0 aliphatic heterocycles. The number of carboxylic acids is 1. The van der Waals surface area contributed by atoms with E-state index in [0.29, 0.717) is 21.4 Å². The van der Waals surface area contributed by atoms with Crippen molar-refractivity contribution in [2.45, 2.75) is 6.42 Å². The molecule has 1 aromatic rings. The molecule has 0 spiro atoms. The minimum absolute atomic E-state index is 0.108. The largest absolute Gasteiger partial charge is 0.494 e. The van der Waals surface area contributed by atoms with E-state index in [9.17, 15) is 4.79 Å². The van der Waals surface area contributed by atoms with Crippen LogP contribution in [0.1, 0.15) is 5.56 Å². The SMILES string of the molecule is COc1c(Cl)cc(CC(=O)O)cc1Cl. The lowest BCUT2D eigenvalue weighted by atomic mass is 10.1. The number of ether oxygens (including phenoxy) is 1. The number of rotatable bonds is 3. The minimum atomic E-state index is -0.928. The second-order valence-corrected chi connectivity index (χ2v) is 3.48. The van der Waals surface area contributed by atoms with Crippen molar-refractivity contribution in [3.8, 4) is 5.75 Å². The van der Waals surface area contributed by atoms with E-state index in [0.717, 1.165) is 0 Å². The van der Waals surface area contributed by atoms with E-state index >= 15 is 0 Å². The summed E-state index contributed by atoms with van der Waals surface area (Å²) in [4.78, 5) is 10.4. The molecule has 14 heavy (non-hydrogen) atoms. The Labute approximate surface area is 91.2 Å². The van der Waals surface area contributed by atoms with Crippen LogP contribution in [0.3, 0.4) is 0 Å². The molecule has 0 heterocycles. The lowest BCUT2D eigenvalue weighted by Crippen LogP contribution is -2.00.